The molecule has 1 rings (SSSR count). The fourth-order valence-corrected chi connectivity index (χ4v) is 2.12. The Morgan fingerprint density at radius 1 is 1.05 bits per heavy atom. The highest BCUT2D eigenvalue weighted by Crippen LogP contribution is 2.24. The Morgan fingerprint density at radius 3 is 2.00 bits per heavy atom. The molecule has 0 spiro atoms. The van der Waals surface area contributed by atoms with Gasteiger partial charge in [0.1, 0.15) is 5.75 Å². The number of thioether (sulfide) groups is 1. The van der Waals surface area contributed by atoms with Crippen molar-refractivity contribution in [1.29, 1.82) is 0 Å². The van der Waals surface area contributed by atoms with Crippen molar-refractivity contribution in [3.05, 3.63) is 35.2 Å². The number of rotatable bonds is 7. The van der Waals surface area contributed by atoms with E-state index < -0.39 is 11.9 Å². The maximum absolute atomic E-state index is 11.8. The van der Waals surface area contributed by atoms with Gasteiger partial charge in [0.15, 0.2) is 5.57 Å². The van der Waals surface area contributed by atoms with Crippen LogP contribution < -0.4 is 4.74 Å². The summed E-state index contributed by atoms with van der Waals surface area (Å²) in [7, 11) is 1.58. The number of benzene rings is 1. The summed E-state index contributed by atoms with van der Waals surface area (Å²) in [6, 6.07) is 7.25. The van der Waals surface area contributed by atoms with Crippen LogP contribution in [0.4, 0.5) is 0 Å². The van der Waals surface area contributed by atoms with Gasteiger partial charge in [-0.25, -0.2) is 9.59 Å². The van der Waals surface area contributed by atoms with Gasteiger partial charge in [-0.1, -0.05) is 11.8 Å². The van der Waals surface area contributed by atoms with E-state index in [2.05, 4.69) is 0 Å². The van der Waals surface area contributed by atoms with Crippen LogP contribution in [0.1, 0.15) is 13.8 Å². The monoisotopic (exact) mass is 310 g/mol. The second-order valence-electron chi connectivity index (χ2n) is 3.77. The Bertz CT molecular complexity index is 487. The number of carbonyl (C=O) groups excluding carboxylic acids is 2. The summed E-state index contributed by atoms with van der Waals surface area (Å²) in [5, 5.41) is 1.44. The SMILES string of the molecule is CCOC(=O)C(=CSc1ccc(OC)cc1)C(=O)OCC. The summed E-state index contributed by atoms with van der Waals surface area (Å²) >= 11 is 1.24. The predicted octanol–water partition coefficient (Wildman–Crippen LogP) is 2.80. The normalized spacial score (nSPS) is 9.67. The first-order chi connectivity index (χ1) is 10.1. The Hall–Kier alpha value is -1.95. The van der Waals surface area contributed by atoms with Crippen LogP contribution in [0, 0.1) is 0 Å². The molecule has 0 N–H and O–H groups in total. The van der Waals surface area contributed by atoms with E-state index in [-0.39, 0.29) is 18.8 Å². The van der Waals surface area contributed by atoms with E-state index in [9.17, 15) is 9.59 Å². The Kier molecular flexibility index (Phi) is 7.39. The minimum absolute atomic E-state index is 0.112. The third-order valence-corrected chi connectivity index (χ3v) is 3.26. The van der Waals surface area contributed by atoms with E-state index in [1.165, 1.54) is 17.2 Å². The summed E-state index contributed by atoms with van der Waals surface area (Å²) in [5.41, 5.74) is -0.112. The Labute approximate surface area is 128 Å². The van der Waals surface area contributed by atoms with Crippen LogP contribution in [-0.4, -0.2) is 32.3 Å². The molecule has 0 saturated heterocycles. The number of hydrogen-bond donors (Lipinski definition) is 0. The van der Waals surface area contributed by atoms with Crippen molar-refractivity contribution >= 4 is 23.7 Å². The summed E-state index contributed by atoms with van der Waals surface area (Å²) < 4.78 is 14.8. The van der Waals surface area contributed by atoms with Gasteiger partial charge >= 0.3 is 11.9 Å². The van der Waals surface area contributed by atoms with Gasteiger partial charge in [-0.3, -0.25) is 0 Å². The van der Waals surface area contributed by atoms with Crippen LogP contribution in [0.25, 0.3) is 0 Å². The standard InChI is InChI=1S/C15H18O5S/c1-4-19-14(16)13(15(17)20-5-2)10-21-12-8-6-11(18-3)7-9-12/h6-10H,4-5H2,1-3H3. The van der Waals surface area contributed by atoms with Crippen molar-refractivity contribution in [2.45, 2.75) is 18.7 Å². The zero-order valence-electron chi connectivity index (χ0n) is 12.3. The van der Waals surface area contributed by atoms with E-state index >= 15 is 0 Å². The summed E-state index contributed by atoms with van der Waals surface area (Å²) in [4.78, 5) is 24.4. The Balaban J connectivity index is 2.85. The highest BCUT2D eigenvalue weighted by Gasteiger charge is 2.20. The molecule has 0 aliphatic rings. The molecule has 0 aliphatic carbocycles. The average molecular weight is 310 g/mol. The summed E-state index contributed by atoms with van der Waals surface area (Å²) in [5.74, 6) is -0.631. The van der Waals surface area contributed by atoms with Crippen LogP contribution in [0.5, 0.6) is 5.75 Å². The molecule has 5 nitrogen and oxygen atoms in total. The molecule has 0 atom stereocenters. The first kappa shape index (κ1) is 17.1. The van der Waals surface area contributed by atoms with E-state index in [1.807, 2.05) is 12.1 Å². The molecule has 0 unspecified atom stereocenters. The lowest BCUT2D eigenvalue weighted by atomic mass is 10.3. The molecule has 0 aliphatic heterocycles. The van der Waals surface area contributed by atoms with E-state index in [0.717, 1.165) is 10.6 Å². The molecule has 0 radical (unpaired) electrons. The number of hydrogen-bond acceptors (Lipinski definition) is 6. The molecule has 0 aromatic heterocycles. The van der Waals surface area contributed by atoms with Crippen LogP contribution in [0.2, 0.25) is 0 Å². The van der Waals surface area contributed by atoms with Crippen molar-refractivity contribution < 1.29 is 23.8 Å². The molecule has 0 bridgehead atoms. The van der Waals surface area contributed by atoms with Gasteiger partial charge in [-0.15, -0.1) is 0 Å². The van der Waals surface area contributed by atoms with Crippen molar-refractivity contribution in [1.82, 2.24) is 0 Å². The largest absolute Gasteiger partial charge is 0.497 e. The number of methoxy groups -OCH3 is 1. The molecule has 0 saturated carbocycles. The van der Waals surface area contributed by atoms with Crippen molar-refractivity contribution in [2.75, 3.05) is 20.3 Å². The molecule has 21 heavy (non-hydrogen) atoms. The number of ether oxygens (including phenoxy) is 3. The van der Waals surface area contributed by atoms with Gasteiger partial charge in [0.25, 0.3) is 0 Å². The summed E-state index contributed by atoms with van der Waals surface area (Å²) in [6.45, 7) is 3.75. The molecule has 6 heteroatoms. The Morgan fingerprint density at radius 2 is 1.57 bits per heavy atom. The number of esters is 2. The highest BCUT2D eigenvalue weighted by atomic mass is 32.2. The molecular weight excluding hydrogens is 292 g/mol. The van der Waals surface area contributed by atoms with E-state index in [4.69, 9.17) is 14.2 Å². The van der Waals surface area contributed by atoms with Gasteiger partial charge in [0.2, 0.25) is 0 Å². The second kappa shape index (κ2) is 9.07. The molecule has 114 valence electrons. The van der Waals surface area contributed by atoms with Crippen molar-refractivity contribution in [3.8, 4) is 5.75 Å². The fraction of sp³-hybridized carbons (Fsp3) is 0.333. The van der Waals surface area contributed by atoms with Gasteiger partial charge < -0.3 is 14.2 Å². The molecule has 1 aromatic rings. The molecule has 0 heterocycles. The lowest BCUT2D eigenvalue weighted by Crippen LogP contribution is -2.18. The lowest BCUT2D eigenvalue weighted by molar-refractivity contribution is -0.146. The smallest absolute Gasteiger partial charge is 0.346 e. The van der Waals surface area contributed by atoms with Crippen molar-refractivity contribution in [3.63, 3.8) is 0 Å². The lowest BCUT2D eigenvalue weighted by Gasteiger charge is -2.06. The van der Waals surface area contributed by atoms with Gasteiger partial charge in [-0.2, -0.15) is 0 Å². The molecular formula is C15H18O5S. The molecule has 0 amide bonds. The van der Waals surface area contributed by atoms with Crippen molar-refractivity contribution in [2.24, 2.45) is 0 Å². The van der Waals surface area contributed by atoms with Gasteiger partial charge in [0.05, 0.1) is 20.3 Å². The fourth-order valence-electron chi connectivity index (χ4n) is 1.38. The highest BCUT2D eigenvalue weighted by molar-refractivity contribution is 8.02. The van der Waals surface area contributed by atoms with Crippen LogP contribution in [0.3, 0.4) is 0 Å². The average Bonchev–Trinajstić information content (AvgIpc) is 2.48. The maximum Gasteiger partial charge on any atom is 0.346 e. The second-order valence-corrected chi connectivity index (χ2v) is 4.71. The maximum atomic E-state index is 11.8. The molecule has 1 aromatic carbocycles. The van der Waals surface area contributed by atoms with Crippen LogP contribution >= 0.6 is 11.8 Å². The minimum Gasteiger partial charge on any atom is -0.497 e. The minimum atomic E-state index is -0.683. The van der Waals surface area contributed by atoms with Gasteiger partial charge in [0, 0.05) is 4.90 Å². The van der Waals surface area contributed by atoms with E-state index in [1.54, 1.807) is 33.1 Å². The third-order valence-electron chi connectivity index (χ3n) is 2.36. The molecule has 0 fully saturated rings. The van der Waals surface area contributed by atoms with E-state index in [0.29, 0.717) is 0 Å². The van der Waals surface area contributed by atoms with Crippen LogP contribution in [0.15, 0.2) is 40.1 Å². The predicted molar refractivity (Wildman–Crippen MR) is 80.2 cm³/mol. The number of carbonyl (C=O) groups is 2. The third kappa shape index (κ3) is 5.51. The quantitative estimate of drug-likeness (QED) is 0.254. The zero-order chi connectivity index (χ0) is 15.7. The first-order valence-corrected chi connectivity index (χ1v) is 7.35. The van der Waals surface area contributed by atoms with Crippen LogP contribution in [-0.2, 0) is 19.1 Å². The topological polar surface area (TPSA) is 61.8 Å². The first-order valence-electron chi connectivity index (χ1n) is 6.47. The summed E-state index contributed by atoms with van der Waals surface area (Å²) in [6.07, 6.45) is 0. The zero-order valence-corrected chi connectivity index (χ0v) is 13.1. The van der Waals surface area contributed by atoms with Gasteiger partial charge in [-0.05, 0) is 43.5 Å².